The number of nitrogens with zero attached hydrogens (tertiary/aromatic N) is 1. The van der Waals surface area contributed by atoms with E-state index in [0.717, 1.165) is 17.7 Å². The number of methoxy groups -OCH3 is 2. The summed E-state index contributed by atoms with van der Waals surface area (Å²) < 4.78 is 51.0. The van der Waals surface area contributed by atoms with E-state index in [4.69, 9.17) is 9.47 Å². The molecule has 0 spiro atoms. The molecule has 0 aliphatic heterocycles. The average Bonchev–Trinajstić information content (AvgIpc) is 2.83. The number of anilines is 1. The van der Waals surface area contributed by atoms with Crippen LogP contribution in [0.4, 0.5) is 10.1 Å². The molecule has 0 aliphatic rings. The maximum atomic E-state index is 13.0. The number of hydrogen-bond donors (Lipinski definition) is 1. The Hall–Kier alpha value is -3.59. The van der Waals surface area contributed by atoms with Crippen LogP contribution in [0.25, 0.3) is 0 Å². The molecule has 0 aromatic heterocycles. The van der Waals surface area contributed by atoms with Crippen LogP contribution in [0.15, 0.2) is 71.6 Å². The van der Waals surface area contributed by atoms with Crippen LogP contribution in [-0.2, 0) is 16.4 Å². The van der Waals surface area contributed by atoms with Crippen LogP contribution in [0.1, 0.15) is 15.9 Å². The first-order valence-electron chi connectivity index (χ1n) is 10.1. The summed E-state index contributed by atoms with van der Waals surface area (Å²) in [5.41, 5.74) is 1.60. The van der Waals surface area contributed by atoms with Crippen LogP contribution < -0.4 is 14.2 Å². The van der Waals surface area contributed by atoms with Gasteiger partial charge in [0.15, 0.2) is 11.5 Å². The van der Waals surface area contributed by atoms with Crippen LogP contribution in [0.3, 0.4) is 0 Å². The minimum Gasteiger partial charge on any atom is -0.493 e. The van der Waals surface area contributed by atoms with Gasteiger partial charge in [0, 0.05) is 24.8 Å². The SMILES string of the molecule is COc1ccc(CCN(C)C(=O)c2ccc(S(=O)(=O)Nc3ccc(F)cc3)cc2)cc1OC. The fourth-order valence-corrected chi connectivity index (χ4v) is 4.22. The molecule has 0 radical (unpaired) electrons. The van der Waals surface area contributed by atoms with Crippen LogP contribution >= 0.6 is 0 Å². The van der Waals surface area contributed by atoms with Crippen LogP contribution in [0.5, 0.6) is 11.5 Å². The molecule has 0 aliphatic carbocycles. The Bertz CT molecular complexity index is 1210. The Labute approximate surface area is 192 Å². The topological polar surface area (TPSA) is 84.9 Å². The number of ether oxygens (including phenoxy) is 2. The summed E-state index contributed by atoms with van der Waals surface area (Å²) in [6, 6.07) is 16.2. The molecule has 7 nitrogen and oxygen atoms in total. The van der Waals surface area contributed by atoms with E-state index in [2.05, 4.69) is 4.72 Å². The van der Waals surface area contributed by atoms with Crippen molar-refractivity contribution in [3.05, 3.63) is 83.7 Å². The zero-order valence-corrected chi connectivity index (χ0v) is 19.4. The molecule has 0 heterocycles. The number of rotatable bonds is 9. The summed E-state index contributed by atoms with van der Waals surface area (Å²) in [5.74, 6) is 0.562. The Balaban J connectivity index is 1.63. The summed E-state index contributed by atoms with van der Waals surface area (Å²) in [5, 5.41) is 0. The highest BCUT2D eigenvalue weighted by Gasteiger charge is 2.17. The summed E-state index contributed by atoms with van der Waals surface area (Å²) >= 11 is 0. The predicted molar refractivity (Wildman–Crippen MR) is 124 cm³/mol. The van der Waals surface area contributed by atoms with Gasteiger partial charge in [-0.05, 0) is 72.6 Å². The minimum atomic E-state index is -3.87. The fourth-order valence-electron chi connectivity index (χ4n) is 3.16. The third kappa shape index (κ3) is 6.01. The smallest absolute Gasteiger partial charge is 0.261 e. The number of sulfonamides is 1. The molecular formula is C24H25FN2O5S. The zero-order valence-electron chi connectivity index (χ0n) is 18.5. The lowest BCUT2D eigenvalue weighted by molar-refractivity contribution is 0.0796. The van der Waals surface area contributed by atoms with E-state index in [1.807, 2.05) is 18.2 Å². The first-order valence-corrected chi connectivity index (χ1v) is 11.6. The molecule has 174 valence electrons. The molecule has 0 bridgehead atoms. The third-order valence-corrected chi connectivity index (χ3v) is 6.44. The highest BCUT2D eigenvalue weighted by molar-refractivity contribution is 7.92. The number of hydrogen-bond acceptors (Lipinski definition) is 5. The van der Waals surface area contributed by atoms with E-state index in [-0.39, 0.29) is 16.5 Å². The van der Waals surface area contributed by atoms with Crippen molar-refractivity contribution in [3.63, 3.8) is 0 Å². The molecule has 3 aromatic rings. The van der Waals surface area contributed by atoms with Crippen molar-refractivity contribution in [3.8, 4) is 11.5 Å². The number of nitrogens with one attached hydrogen (secondary N) is 1. The lowest BCUT2D eigenvalue weighted by atomic mass is 10.1. The summed E-state index contributed by atoms with van der Waals surface area (Å²) in [7, 11) is 0.952. The van der Waals surface area contributed by atoms with Crippen molar-refractivity contribution < 1.29 is 27.1 Å². The predicted octanol–water partition coefficient (Wildman–Crippen LogP) is 3.96. The normalized spacial score (nSPS) is 11.0. The third-order valence-electron chi connectivity index (χ3n) is 5.04. The monoisotopic (exact) mass is 472 g/mol. The molecular weight excluding hydrogens is 447 g/mol. The van der Waals surface area contributed by atoms with Gasteiger partial charge in [0.25, 0.3) is 15.9 Å². The quantitative estimate of drug-likeness (QED) is 0.510. The standard InChI is InChI=1S/C24H25FN2O5S/c1-27(15-14-17-4-13-22(31-2)23(16-17)32-3)24(28)18-5-11-21(12-6-18)33(29,30)26-20-9-7-19(25)8-10-20/h4-13,16,26H,14-15H2,1-3H3. The minimum absolute atomic E-state index is 0.00337. The van der Waals surface area contributed by atoms with Crippen LogP contribution in [0, 0.1) is 5.82 Å². The van der Waals surface area contributed by atoms with E-state index in [1.54, 1.807) is 26.2 Å². The van der Waals surface area contributed by atoms with Gasteiger partial charge in [-0.3, -0.25) is 9.52 Å². The maximum absolute atomic E-state index is 13.0. The van der Waals surface area contributed by atoms with Gasteiger partial charge < -0.3 is 14.4 Å². The van der Waals surface area contributed by atoms with Gasteiger partial charge in [-0.2, -0.15) is 0 Å². The summed E-state index contributed by atoms with van der Waals surface area (Å²) in [4.78, 5) is 14.3. The van der Waals surface area contributed by atoms with Crippen molar-refractivity contribution in [2.24, 2.45) is 0 Å². The van der Waals surface area contributed by atoms with Crippen molar-refractivity contribution in [1.29, 1.82) is 0 Å². The molecule has 1 amide bonds. The van der Waals surface area contributed by atoms with Gasteiger partial charge in [-0.15, -0.1) is 0 Å². The molecule has 3 aromatic carbocycles. The summed E-state index contributed by atoms with van der Waals surface area (Å²) in [6.07, 6.45) is 0.608. The Morgan fingerprint density at radius 1 is 0.939 bits per heavy atom. The van der Waals surface area contributed by atoms with Crippen molar-refractivity contribution in [2.45, 2.75) is 11.3 Å². The van der Waals surface area contributed by atoms with Gasteiger partial charge in [-0.25, -0.2) is 12.8 Å². The summed E-state index contributed by atoms with van der Waals surface area (Å²) in [6.45, 7) is 0.459. The molecule has 1 N–H and O–H groups in total. The highest BCUT2D eigenvalue weighted by Crippen LogP contribution is 2.27. The molecule has 0 saturated carbocycles. The Morgan fingerprint density at radius 3 is 2.18 bits per heavy atom. The van der Waals surface area contributed by atoms with E-state index in [9.17, 15) is 17.6 Å². The molecule has 9 heteroatoms. The lowest BCUT2D eigenvalue weighted by Gasteiger charge is -2.18. The molecule has 0 saturated heterocycles. The zero-order chi connectivity index (χ0) is 24.0. The second-order valence-corrected chi connectivity index (χ2v) is 8.99. The van der Waals surface area contributed by atoms with E-state index in [1.165, 1.54) is 36.4 Å². The van der Waals surface area contributed by atoms with Gasteiger partial charge in [0.2, 0.25) is 0 Å². The average molecular weight is 473 g/mol. The van der Waals surface area contributed by atoms with Crippen molar-refractivity contribution in [1.82, 2.24) is 4.90 Å². The number of halogens is 1. The van der Waals surface area contributed by atoms with Crippen LogP contribution in [0.2, 0.25) is 0 Å². The molecule has 0 fully saturated rings. The number of amides is 1. The maximum Gasteiger partial charge on any atom is 0.261 e. The van der Waals surface area contributed by atoms with Gasteiger partial charge in [0.1, 0.15) is 5.82 Å². The van der Waals surface area contributed by atoms with Gasteiger partial charge >= 0.3 is 0 Å². The first kappa shape index (κ1) is 24.1. The van der Waals surface area contributed by atoms with E-state index < -0.39 is 15.8 Å². The van der Waals surface area contributed by atoms with Crippen LogP contribution in [-0.4, -0.2) is 47.0 Å². The van der Waals surface area contributed by atoms with Gasteiger partial charge in [-0.1, -0.05) is 6.07 Å². The molecule has 3 rings (SSSR count). The molecule has 0 atom stereocenters. The number of carbonyl (C=O) groups is 1. The van der Waals surface area contributed by atoms with Gasteiger partial charge in [0.05, 0.1) is 19.1 Å². The molecule has 33 heavy (non-hydrogen) atoms. The van der Waals surface area contributed by atoms with E-state index in [0.29, 0.717) is 30.0 Å². The Morgan fingerprint density at radius 2 is 1.58 bits per heavy atom. The van der Waals surface area contributed by atoms with Crippen molar-refractivity contribution in [2.75, 3.05) is 32.5 Å². The van der Waals surface area contributed by atoms with E-state index >= 15 is 0 Å². The molecule has 0 unspecified atom stereocenters. The highest BCUT2D eigenvalue weighted by atomic mass is 32.2. The number of benzene rings is 3. The Kier molecular flexibility index (Phi) is 7.55. The number of likely N-dealkylation sites (N-methyl/N-ethyl adjacent to an activating group) is 1. The second kappa shape index (κ2) is 10.4. The first-order chi connectivity index (χ1) is 15.7. The number of carbonyl (C=O) groups excluding carboxylic acids is 1. The second-order valence-electron chi connectivity index (χ2n) is 7.30. The largest absolute Gasteiger partial charge is 0.493 e. The fraction of sp³-hybridized carbons (Fsp3) is 0.208. The van der Waals surface area contributed by atoms with Crippen molar-refractivity contribution >= 4 is 21.6 Å². The lowest BCUT2D eigenvalue weighted by Crippen LogP contribution is -2.28.